The van der Waals surface area contributed by atoms with Crippen LogP contribution in [0.2, 0.25) is 0 Å². The van der Waals surface area contributed by atoms with Crippen molar-refractivity contribution in [3.05, 3.63) is 18.1 Å². The van der Waals surface area contributed by atoms with Gasteiger partial charge in [-0.05, 0) is 18.9 Å². The van der Waals surface area contributed by atoms with Crippen molar-refractivity contribution >= 4 is 17.7 Å². The topological polar surface area (TPSA) is 50.4 Å². The maximum atomic E-state index is 10.9. The number of hydrogen-bond donors (Lipinski definition) is 1. The molecule has 0 fully saturated rings. The van der Waals surface area contributed by atoms with Crippen LogP contribution in [0.1, 0.15) is 19.6 Å². The molecule has 1 aromatic heterocycles. The Morgan fingerprint density at radius 2 is 2.21 bits per heavy atom. The number of aliphatic carboxylic acids is 1. The number of hydrogen-bond acceptors (Lipinski definition) is 3. The SMILES string of the molecule is Cc1occc1SC(C(=O)O)C(C)C. The van der Waals surface area contributed by atoms with Gasteiger partial charge in [0.2, 0.25) is 0 Å². The molecule has 1 N–H and O–H groups in total. The minimum atomic E-state index is -0.773. The van der Waals surface area contributed by atoms with Crippen molar-refractivity contribution in [3.63, 3.8) is 0 Å². The second-order valence-corrected chi connectivity index (χ2v) is 4.65. The normalized spacial score (nSPS) is 13.1. The molecule has 0 saturated heterocycles. The third-order valence-electron chi connectivity index (χ3n) is 1.91. The summed E-state index contributed by atoms with van der Waals surface area (Å²) in [4.78, 5) is 11.8. The third kappa shape index (κ3) is 2.54. The quantitative estimate of drug-likeness (QED) is 0.783. The number of carbonyl (C=O) groups is 1. The Morgan fingerprint density at radius 1 is 1.57 bits per heavy atom. The molecule has 14 heavy (non-hydrogen) atoms. The van der Waals surface area contributed by atoms with Gasteiger partial charge < -0.3 is 9.52 Å². The smallest absolute Gasteiger partial charge is 0.317 e. The van der Waals surface area contributed by atoms with Crippen molar-refractivity contribution in [1.82, 2.24) is 0 Å². The van der Waals surface area contributed by atoms with E-state index >= 15 is 0 Å². The number of thioether (sulfide) groups is 1. The summed E-state index contributed by atoms with van der Waals surface area (Å²) in [5, 5.41) is 8.57. The van der Waals surface area contributed by atoms with Gasteiger partial charge in [-0.25, -0.2) is 0 Å². The molecule has 78 valence electrons. The van der Waals surface area contributed by atoms with Crippen molar-refractivity contribution in [1.29, 1.82) is 0 Å². The predicted molar refractivity (Wildman–Crippen MR) is 55.6 cm³/mol. The van der Waals surface area contributed by atoms with Crippen LogP contribution in [0.5, 0.6) is 0 Å². The molecule has 1 atom stereocenters. The molecule has 0 radical (unpaired) electrons. The Hall–Kier alpha value is -0.900. The minimum absolute atomic E-state index is 0.104. The average Bonchev–Trinajstić information content (AvgIpc) is 2.46. The van der Waals surface area contributed by atoms with Crippen LogP contribution in [0.3, 0.4) is 0 Å². The zero-order valence-electron chi connectivity index (χ0n) is 8.48. The van der Waals surface area contributed by atoms with E-state index in [0.717, 1.165) is 10.7 Å². The van der Waals surface area contributed by atoms with Crippen LogP contribution in [-0.4, -0.2) is 16.3 Å². The lowest BCUT2D eigenvalue weighted by Crippen LogP contribution is -2.22. The summed E-state index contributed by atoms with van der Waals surface area (Å²) in [5.41, 5.74) is 0. The van der Waals surface area contributed by atoms with E-state index in [1.807, 2.05) is 20.8 Å². The van der Waals surface area contributed by atoms with E-state index in [1.165, 1.54) is 11.8 Å². The molecular weight excluding hydrogens is 200 g/mol. The van der Waals surface area contributed by atoms with Gasteiger partial charge in [0.1, 0.15) is 11.0 Å². The second kappa shape index (κ2) is 4.55. The highest BCUT2D eigenvalue weighted by Gasteiger charge is 2.23. The van der Waals surface area contributed by atoms with Gasteiger partial charge in [-0.1, -0.05) is 13.8 Å². The molecule has 0 amide bonds. The fourth-order valence-electron chi connectivity index (χ4n) is 1.10. The van der Waals surface area contributed by atoms with Crippen LogP contribution in [0.15, 0.2) is 21.6 Å². The highest BCUT2D eigenvalue weighted by atomic mass is 32.2. The summed E-state index contributed by atoms with van der Waals surface area (Å²) < 4.78 is 5.11. The fraction of sp³-hybridized carbons (Fsp3) is 0.500. The predicted octanol–water partition coefficient (Wildman–Crippen LogP) is 2.79. The van der Waals surface area contributed by atoms with Crippen LogP contribution >= 0.6 is 11.8 Å². The van der Waals surface area contributed by atoms with Crippen LogP contribution < -0.4 is 0 Å². The van der Waals surface area contributed by atoms with Gasteiger partial charge in [-0.2, -0.15) is 0 Å². The van der Waals surface area contributed by atoms with Crippen LogP contribution in [-0.2, 0) is 4.79 Å². The molecular formula is C10H14O3S. The van der Waals surface area contributed by atoms with Gasteiger partial charge >= 0.3 is 5.97 Å². The van der Waals surface area contributed by atoms with Gasteiger partial charge in [0.25, 0.3) is 0 Å². The van der Waals surface area contributed by atoms with Gasteiger partial charge in [-0.15, -0.1) is 11.8 Å². The molecule has 0 aliphatic heterocycles. The van der Waals surface area contributed by atoms with Crippen molar-refractivity contribution in [2.24, 2.45) is 5.92 Å². The van der Waals surface area contributed by atoms with Crippen LogP contribution in [0.4, 0.5) is 0 Å². The largest absolute Gasteiger partial charge is 0.480 e. The summed E-state index contributed by atoms with van der Waals surface area (Å²) >= 11 is 1.34. The van der Waals surface area contributed by atoms with E-state index in [1.54, 1.807) is 12.3 Å². The Morgan fingerprint density at radius 3 is 2.57 bits per heavy atom. The fourth-order valence-corrected chi connectivity index (χ4v) is 2.10. The van der Waals surface area contributed by atoms with Crippen molar-refractivity contribution in [3.8, 4) is 0 Å². The van der Waals surface area contributed by atoms with E-state index < -0.39 is 11.2 Å². The molecule has 0 saturated carbocycles. The van der Waals surface area contributed by atoms with Gasteiger partial charge in [0.05, 0.1) is 6.26 Å². The van der Waals surface area contributed by atoms with E-state index in [9.17, 15) is 4.79 Å². The number of carboxylic acids is 1. The summed E-state index contributed by atoms with van der Waals surface area (Å²) in [5.74, 6) is 0.110. The molecule has 3 nitrogen and oxygen atoms in total. The Kier molecular flexibility index (Phi) is 3.63. The molecule has 0 aliphatic rings. The van der Waals surface area contributed by atoms with Gasteiger partial charge in [-0.3, -0.25) is 4.79 Å². The lowest BCUT2D eigenvalue weighted by atomic mass is 10.1. The molecule has 1 rings (SSSR count). The molecule has 4 heteroatoms. The van der Waals surface area contributed by atoms with Crippen LogP contribution in [0.25, 0.3) is 0 Å². The lowest BCUT2D eigenvalue weighted by molar-refractivity contribution is -0.137. The summed E-state index contributed by atoms with van der Waals surface area (Å²) in [6, 6.07) is 1.80. The maximum absolute atomic E-state index is 10.9. The van der Waals surface area contributed by atoms with Crippen LogP contribution in [0, 0.1) is 12.8 Å². The van der Waals surface area contributed by atoms with Crippen molar-refractivity contribution < 1.29 is 14.3 Å². The first-order valence-electron chi connectivity index (χ1n) is 4.46. The second-order valence-electron chi connectivity index (χ2n) is 3.46. The third-order valence-corrected chi connectivity index (χ3v) is 3.59. The number of aryl methyl sites for hydroxylation is 1. The Labute approximate surface area is 87.5 Å². The minimum Gasteiger partial charge on any atom is -0.480 e. The first-order valence-corrected chi connectivity index (χ1v) is 5.34. The monoisotopic (exact) mass is 214 g/mol. The molecule has 0 bridgehead atoms. The summed E-state index contributed by atoms with van der Waals surface area (Å²) in [6.45, 7) is 5.64. The van der Waals surface area contributed by atoms with Crippen molar-refractivity contribution in [2.75, 3.05) is 0 Å². The molecule has 0 aliphatic carbocycles. The Balaban J connectivity index is 2.75. The molecule has 1 unspecified atom stereocenters. The number of carboxylic acid groups (broad SMARTS) is 1. The summed E-state index contributed by atoms with van der Waals surface area (Å²) in [7, 11) is 0. The van der Waals surface area contributed by atoms with E-state index in [2.05, 4.69) is 0 Å². The molecule has 0 spiro atoms. The zero-order valence-corrected chi connectivity index (χ0v) is 9.30. The Bertz CT molecular complexity index is 317. The van der Waals surface area contributed by atoms with E-state index in [-0.39, 0.29) is 5.92 Å². The first-order chi connectivity index (χ1) is 6.52. The number of furan rings is 1. The summed E-state index contributed by atoms with van der Waals surface area (Å²) in [6.07, 6.45) is 1.58. The highest BCUT2D eigenvalue weighted by molar-refractivity contribution is 8.00. The zero-order chi connectivity index (χ0) is 10.7. The van der Waals surface area contributed by atoms with E-state index in [0.29, 0.717) is 0 Å². The lowest BCUT2D eigenvalue weighted by Gasteiger charge is -2.14. The molecule has 1 aromatic rings. The first kappa shape index (κ1) is 11.2. The van der Waals surface area contributed by atoms with Gasteiger partial charge in [0, 0.05) is 4.90 Å². The van der Waals surface area contributed by atoms with Crippen molar-refractivity contribution in [2.45, 2.75) is 30.9 Å². The highest BCUT2D eigenvalue weighted by Crippen LogP contribution is 2.31. The number of rotatable bonds is 4. The maximum Gasteiger partial charge on any atom is 0.317 e. The van der Waals surface area contributed by atoms with E-state index in [4.69, 9.17) is 9.52 Å². The molecule has 1 heterocycles. The molecule has 0 aromatic carbocycles. The average molecular weight is 214 g/mol. The standard InChI is InChI=1S/C10H14O3S/c1-6(2)9(10(11)12)14-8-4-5-13-7(8)3/h4-6,9H,1-3H3,(H,11,12). The van der Waals surface area contributed by atoms with Gasteiger partial charge in [0.15, 0.2) is 0 Å².